The van der Waals surface area contributed by atoms with Gasteiger partial charge in [-0.2, -0.15) is 0 Å². The second kappa shape index (κ2) is 8.22. The van der Waals surface area contributed by atoms with Gasteiger partial charge in [-0.25, -0.2) is 0 Å². The van der Waals surface area contributed by atoms with Crippen LogP contribution in [0.2, 0.25) is 0 Å². The molecular formula is C19H25N3O. The third-order valence-electron chi connectivity index (χ3n) is 3.84. The average Bonchev–Trinajstić information content (AvgIpc) is 2.56. The number of rotatable bonds is 7. The van der Waals surface area contributed by atoms with E-state index in [1.807, 2.05) is 36.4 Å². The summed E-state index contributed by atoms with van der Waals surface area (Å²) in [5.41, 5.74) is 4.16. The van der Waals surface area contributed by atoms with Gasteiger partial charge in [-0.05, 0) is 56.7 Å². The number of carbonyl (C=O) groups excluding carboxylic acids is 1. The molecule has 0 aliphatic carbocycles. The lowest BCUT2D eigenvalue weighted by molar-refractivity contribution is -0.114. The number of benzene rings is 2. The van der Waals surface area contributed by atoms with Crippen molar-refractivity contribution in [3.8, 4) is 0 Å². The first-order chi connectivity index (χ1) is 11.1. The molecule has 4 nitrogen and oxygen atoms in total. The first-order valence-electron chi connectivity index (χ1n) is 8.08. The minimum Gasteiger partial charge on any atom is -0.376 e. The molecule has 2 aromatic carbocycles. The summed E-state index contributed by atoms with van der Waals surface area (Å²) in [7, 11) is 0. The van der Waals surface area contributed by atoms with Crippen LogP contribution in [0.25, 0.3) is 0 Å². The Hall–Kier alpha value is -2.49. The van der Waals surface area contributed by atoms with E-state index in [1.165, 1.54) is 5.69 Å². The Morgan fingerprint density at radius 1 is 1.04 bits per heavy atom. The molecule has 2 aromatic rings. The lowest BCUT2D eigenvalue weighted by Gasteiger charge is -2.22. The van der Waals surface area contributed by atoms with Gasteiger partial charge in [0.05, 0.1) is 6.54 Å². The van der Waals surface area contributed by atoms with E-state index in [0.717, 1.165) is 30.0 Å². The van der Waals surface area contributed by atoms with E-state index in [9.17, 15) is 4.79 Å². The Morgan fingerprint density at radius 2 is 1.74 bits per heavy atom. The van der Waals surface area contributed by atoms with Gasteiger partial charge in [-0.1, -0.05) is 18.2 Å². The van der Waals surface area contributed by atoms with Crippen LogP contribution in [-0.2, 0) is 4.79 Å². The molecular weight excluding hydrogens is 286 g/mol. The van der Waals surface area contributed by atoms with Gasteiger partial charge in [-0.15, -0.1) is 0 Å². The van der Waals surface area contributed by atoms with Crippen molar-refractivity contribution >= 4 is 23.0 Å². The van der Waals surface area contributed by atoms with Crippen LogP contribution < -0.4 is 15.5 Å². The third-order valence-corrected chi connectivity index (χ3v) is 3.84. The summed E-state index contributed by atoms with van der Waals surface area (Å²) in [6.45, 7) is 8.59. The number of nitrogens with one attached hydrogen (secondary N) is 2. The number of amides is 1. The molecule has 0 aromatic heterocycles. The van der Waals surface area contributed by atoms with E-state index in [2.05, 4.69) is 48.4 Å². The number of para-hydroxylation sites is 1. The lowest BCUT2D eigenvalue weighted by atomic mass is 10.1. The Kier molecular flexibility index (Phi) is 6.03. The summed E-state index contributed by atoms with van der Waals surface area (Å²) in [5, 5.41) is 6.07. The fourth-order valence-corrected chi connectivity index (χ4v) is 2.53. The molecule has 122 valence electrons. The van der Waals surface area contributed by atoms with E-state index >= 15 is 0 Å². The van der Waals surface area contributed by atoms with Crippen molar-refractivity contribution in [2.24, 2.45) is 0 Å². The summed E-state index contributed by atoms with van der Waals surface area (Å²) >= 11 is 0. The van der Waals surface area contributed by atoms with Crippen LogP contribution in [-0.4, -0.2) is 25.5 Å². The third kappa shape index (κ3) is 4.74. The lowest BCUT2D eigenvalue weighted by Crippen LogP contribution is -2.23. The smallest absolute Gasteiger partial charge is 0.243 e. The van der Waals surface area contributed by atoms with Gasteiger partial charge < -0.3 is 15.5 Å². The molecule has 0 heterocycles. The van der Waals surface area contributed by atoms with Crippen molar-refractivity contribution in [2.75, 3.05) is 35.2 Å². The number of aryl methyl sites for hydroxylation is 1. The van der Waals surface area contributed by atoms with E-state index in [-0.39, 0.29) is 12.5 Å². The minimum absolute atomic E-state index is 0.0524. The van der Waals surface area contributed by atoms with Crippen molar-refractivity contribution in [2.45, 2.75) is 20.8 Å². The predicted molar refractivity (Wildman–Crippen MR) is 98.3 cm³/mol. The fourth-order valence-electron chi connectivity index (χ4n) is 2.53. The Balaban J connectivity index is 1.94. The highest BCUT2D eigenvalue weighted by Crippen LogP contribution is 2.22. The SMILES string of the molecule is CCN(CC)c1ccc(NCC(=O)Nc2ccccc2)c(C)c1. The second-order valence-electron chi connectivity index (χ2n) is 5.44. The quantitative estimate of drug-likeness (QED) is 0.815. The molecule has 0 atom stereocenters. The first-order valence-corrected chi connectivity index (χ1v) is 8.08. The van der Waals surface area contributed by atoms with Crippen molar-refractivity contribution in [3.05, 3.63) is 54.1 Å². The van der Waals surface area contributed by atoms with E-state index < -0.39 is 0 Å². The van der Waals surface area contributed by atoms with Crippen molar-refractivity contribution in [1.29, 1.82) is 0 Å². The van der Waals surface area contributed by atoms with Crippen LogP contribution in [0, 0.1) is 6.92 Å². The molecule has 2 N–H and O–H groups in total. The van der Waals surface area contributed by atoms with Crippen LogP contribution in [0.5, 0.6) is 0 Å². The van der Waals surface area contributed by atoms with E-state index in [1.54, 1.807) is 0 Å². The molecule has 0 fully saturated rings. The summed E-state index contributed by atoms with van der Waals surface area (Å²) in [4.78, 5) is 14.3. The zero-order chi connectivity index (χ0) is 16.7. The average molecular weight is 311 g/mol. The molecule has 0 radical (unpaired) electrons. The van der Waals surface area contributed by atoms with Crippen LogP contribution in [0.4, 0.5) is 17.1 Å². The molecule has 0 aliphatic rings. The van der Waals surface area contributed by atoms with Gasteiger partial charge in [0.15, 0.2) is 0 Å². The van der Waals surface area contributed by atoms with E-state index in [0.29, 0.717) is 0 Å². The Morgan fingerprint density at radius 3 is 2.35 bits per heavy atom. The molecule has 4 heteroatoms. The highest BCUT2D eigenvalue weighted by atomic mass is 16.1. The maximum atomic E-state index is 12.0. The molecule has 0 saturated heterocycles. The molecule has 0 saturated carbocycles. The molecule has 0 unspecified atom stereocenters. The van der Waals surface area contributed by atoms with Gasteiger partial charge >= 0.3 is 0 Å². The van der Waals surface area contributed by atoms with Gasteiger partial charge in [0.2, 0.25) is 5.91 Å². The predicted octanol–water partition coefficient (Wildman–Crippen LogP) is 3.89. The molecule has 0 bridgehead atoms. The van der Waals surface area contributed by atoms with Crippen molar-refractivity contribution in [3.63, 3.8) is 0 Å². The maximum absolute atomic E-state index is 12.0. The zero-order valence-corrected chi connectivity index (χ0v) is 14.1. The minimum atomic E-state index is -0.0524. The van der Waals surface area contributed by atoms with Gasteiger partial charge in [0.25, 0.3) is 0 Å². The largest absolute Gasteiger partial charge is 0.376 e. The number of anilines is 3. The number of hydrogen-bond acceptors (Lipinski definition) is 3. The summed E-state index contributed by atoms with van der Waals surface area (Å²) < 4.78 is 0. The van der Waals surface area contributed by atoms with Crippen molar-refractivity contribution in [1.82, 2.24) is 0 Å². The molecule has 2 rings (SSSR count). The Labute approximate surface area is 138 Å². The zero-order valence-electron chi connectivity index (χ0n) is 14.1. The van der Waals surface area contributed by atoms with E-state index in [4.69, 9.17) is 0 Å². The monoisotopic (exact) mass is 311 g/mol. The molecule has 0 spiro atoms. The maximum Gasteiger partial charge on any atom is 0.243 e. The topological polar surface area (TPSA) is 44.4 Å². The van der Waals surface area contributed by atoms with Crippen molar-refractivity contribution < 1.29 is 4.79 Å². The first kappa shape index (κ1) is 16.9. The van der Waals surface area contributed by atoms with Gasteiger partial charge in [0, 0.05) is 30.2 Å². The highest BCUT2D eigenvalue weighted by molar-refractivity contribution is 5.93. The summed E-state index contributed by atoms with van der Waals surface area (Å²) in [5.74, 6) is -0.0524. The summed E-state index contributed by atoms with van der Waals surface area (Å²) in [6.07, 6.45) is 0. The van der Waals surface area contributed by atoms with Crippen LogP contribution in [0.3, 0.4) is 0 Å². The highest BCUT2D eigenvalue weighted by Gasteiger charge is 2.06. The van der Waals surface area contributed by atoms with Gasteiger partial charge in [0.1, 0.15) is 0 Å². The van der Waals surface area contributed by atoms with Crippen LogP contribution >= 0.6 is 0 Å². The molecule has 0 aliphatic heterocycles. The van der Waals surface area contributed by atoms with Crippen LogP contribution in [0.15, 0.2) is 48.5 Å². The normalized spacial score (nSPS) is 10.2. The van der Waals surface area contributed by atoms with Crippen LogP contribution in [0.1, 0.15) is 19.4 Å². The molecule has 23 heavy (non-hydrogen) atoms. The molecule has 1 amide bonds. The number of nitrogens with zero attached hydrogens (tertiary/aromatic N) is 1. The Bertz CT molecular complexity index is 636. The van der Waals surface area contributed by atoms with Gasteiger partial charge in [-0.3, -0.25) is 4.79 Å². The summed E-state index contributed by atoms with van der Waals surface area (Å²) in [6, 6.07) is 15.8. The number of hydrogen-bond donors (Lipinski definition) is 2. The number of carbonyl (C=O) groups is 1. The second-order valence-corrected chi connectivity index (χ2v) is 5.44. The fraction of sp³-hybridized carbons (Fsp3) is 0.316. The standard InChI is InChI=1S/C19H25N3O/c1-4-22(5-2)17-11-12-18(15(3)13-17)20-14-19(23)21-16-9-7-6-8-10-16/h6-13,20H,4-5,14H2,1-3H3,(H,21,23).